The van der Waals surface area contributed by atoms with Crippen molar-refractivity contribution in [3.8, 4) is 0 Å². The maximum absolute atomic E-state index is 9.47. The highest BCUT2D eigenvalue weighted by atomic mass is 16.3. The lowest BCUT2D eigenvalue weighted by atomic mass is 9.46. The molecule has 2 nitrogen and oxygen atoms in total. The lowest BCUT2D eigenvalue weighted by Crippen LogP contribution is -2.50. The summed E-state index contributed by atoms with van der Waals surface area (Å²) in [4.78, 5) is 0. The first-order chi connectivity index (χ1) is 10.4. The van der Waals surface area contributed by atoms with Gasteiger partial charge in [0.25, 0.3) is 0 Å². The van der Waals surface area contributed by atoms with E-state index in [-0.39, 0.29) is 18.6 Å². The van der Waals surface area contributed by atoms with Crippen molar-refractivity contribution in [2.24, 2.45) is 22.7 Å². The van der Waals surface area contributed by atoms with Crippen LogP contribution in [0.25, 0.3) is 0 Å². The smallest absolute Gasteiger partial charge is 0.0642 e. The maximum Gasteiger partial charge on any atom is 0.0642 e. The minimum absolute atomic E-state index is 0.0691. The molecule has 0 radical (unpaired) electrons. The molecule has 0 aromatic heterocycles. The minimum Gasteiger partial charge on any atom is -0.396 e. The second kappa shape index (κ2) is 6.88. The number of aliphatic hydroxyl groups is 2. The van der Waals surface area contributed by atoms with Gasteiger partial charge in [0.05, 0.1) is 6.61 Å². The predicted molar refractivity (Wildman–Crippen MR) is 92.6 cm³/mol. The van der Waals surface area contributed by atoms with E-state index in [0.29, 0.717) is 23.7 Å². The van der Waals surface area contributed by atoms with E-state index < -0.39 is 0 Å². The van der Waals surface area contributed by atoms with Crippen molar-refractivity contribution in [1.82, 2.24) is 0 Å². The Morgan fingerprint density at radius 2 is 2.05 bits per heavy atom. The molecule has 2 fully saturated rings. The molecule has 0 spiro atoms. The Hall–Kier alpha value is -0.600. The largest absolute Gasteiger partial charge is 0.396 e. The third kappa shape index (κ3) is 3.05. The van der Waals surface area contributed by atoms with Gasteiger partial charge in [-0.25, -0.2) is 0 Å². The molecule has 2 aliphatic rings. The van der Waals surface area contributed by atoms with Crippen LogP contribution in [-0.2, 0) is 0 Å². The van der Waals surface area contributed by atoms with E-state index in [1.807, 2.05) is 0 Å². The first-order valence-electron chi connectivity index (χ1n) is 8.96. The molecule has 2 rings (SSSR count). The van der Waals surface area contributed by atoms with Gasteiger partial charge in [0.2, 0.25) is 0 Å². The van der Waals surface area contributed by atoms with Crippen LogP contribution in [0.1, 0.15) is 65.7 Å². The quantitative estimate of drug-likeness (QED) is 0.735. The molecule has 0 aliphatic heterocycles. The lowest BCUT2D eigenvalue weighted by molar-refractivity contribution is -0.0473. The van der Waals surface area contributed by atoms with Crippen LogP contribution >= 0.6 is 0 Å². The summed E-state index contributed by atoms with van der Waals surface area (Å²) in [5.74, 6) is 1.39. The Bertz CT molecular complexity index is 439. The Balaban J connectivity index is 2.26. The molecule has 0 amide bonds. The first-order valence-corrected chi connectivity index (χ1v) is 8.96. The summed E-state index contributed by atoms with van der Waals surface area (Å²) in [6.07, 6.45) is 10.1. The van der Waals surface area contributed by atoms with Gasteiger partial charge in [-0.1, -0.05) is 39.0 Å². The molecule has 126 valence electrons. The number of fused-ring (bicyclic) bond motifs is 1. The maximum atomic E-state index is 9.47. The van der Waals surface area contributed by atoms with Gasteiger partial charge in [-0.15, -0.1) is 0 Å². The van der Waals surface area contributed by atoms with E-state index in [9.17, 15) is 5.11 Å². The fourth-order valence-corrected chi connectivity index (χ4v) is 5.07. The summed E-state index contributed by atoms with van der Waals surface area (Å²) in [6, 6.07) is 0. The molecule has 0 aromatic rings. The number of aliphatic hydroxyl groups excluding tert-OH is 2. The second-order valence-electron chi connectivity index (χ2n) is 8.11. The van der Waals surface area contributed by atoms with Gasteiger partial charge in [-0.2, -0.15) is 0 Å². The molecular formula is C20H34O2. The van der Waals surface area contributed by atoms with Gasteiger partial charge in [0, 0.05) is 6.61 Å². The highest BCUT2D eigenvalue weighted by Gasteiger charge is 2.53. The van der Waals surface area contributed by atoms with E-state index in [1.165, 1.54) is 37.7 Å². The predicted octanol–water partition coefficient (Wildman–Crippen LogP) is 4.48. The molecule has 2 aliphatic carbocycles. The standard InChI is InChI=1S/C20H34O2/c1-15-6-5-7-18-19(15,3)11-8-16(2)20(18,4)12-9-17(14-22)10-13-21/h9,16,18,21-22H,1,5-8,10-14H2,2-4H3/b17-9-/t16-,18+,19+,20+/m1/s1. The van der Waals surface area contributed by atoms with Crippen molar-refractivity contribution < 1.29 is 10.2 Å². The zero-order valence-electron chi connectivity index (χ0n) is 14.7. The molecule has 4 atom stereocenters. The highest BCUT2D eigenvalue weighted by Crippen LogP contribution is 2.62. The Kier molecular flexibility index (Phi) is 5.55. The van der Waals surface area contributed by atoms with E-state index >= 15 is 0 Å². The molecule has 0 unspecified atom stereocenters. The van der Waals surface area contributed by atoms with E-state index in [2.05, 4.69) is 33.4 Å². The Morgan fingerprint density at radius 1 is 1.32 bits per heavy atom. The highest BCUT2D eigenvalue weighted by molar-refractivity contribution is 5.20. The Morgan fingerprint density at radius 3 is 2.68 bits per heavy atom. The van der Waals surface area contributed by atoms with Crippen LogP contribution in [-0.4, -0.2) is 23.4 Å². The normalized spacial score (nSPS) is 39.7. The van der Waals surface area contributed by atoms with Crippen LogP contribution in [0.15, 0.2) is 23.8 Å². The van der Waals surface area contributed by atoms with Crippen molar-refractivity contribution in [2.75, 3.05) is 13.2 Å². The first kappa shape index (κ1) is 17.7. The van der Waals surface area contributed by atoms with Crippen molar-refractivity contribution >= 4 is 0 Å². The molecule has 0 heterocycles. The molecule has 22 heavy (non-hydrogen) atoms. The monoisotopic (exact) mass is 306 g/mol. The summed E-state index contributed by atoms with van der Waals surface area (Å²) in [7, 11) is 0. The van der Waals surface area contributed by atoms with Gasteiger partial charge in [0.1, 0.15) is 0 Å². The van der Waals surface area contributed by atoms with E-state index in [0.717, 1.165) is 12.0 Å². The number of rotatable bonds is 5. The van der Waals surface area contributed by atoms with Crippen molar-refractivity contribution in [2.45, 2.75) is 65.7 Å². The summed E-state index contributed by atoms with van der Waals surface area (Å²) in [5, 5.41) is 18.6. The SMILES string of the molecule is C=C1CCC[C@@H]2[C@@](C)(C/C=C(\CO)CCO)[C@H](C)CC[C@@]12C. The summed E-state index contributed by atoms with van der Waals surface area (Å²) in [5.41, 5.74) is 3.01. The number of hydrogen-bond acceptors (Lipinski definition) is 2. The summed E-state index contributed by atoms with van der Waals surface area (Å²) >= 11 is 0. The topological polar surface area (TPSA) is 40.5 Å². The summed E-state index contributed by atoms with van der Waals surface area (Å²) < 4.78 is 0. The van der Waals surface area contributed by atoms with Gasteiger partial charge in [-0.05, 0) is 73.2 Å². The van der Waals surface area contributed by atoms with Gasteiger partial charge in [-0.3, -0.25) is 0 Å². The van der Waals surface area contributed by atoms with Crippen LogP contribution < -0.4 is 0 Å². The van der Waals surface area contributed by atoms with Gasteiger partial charge < -0.3 is 10.2 Å². The second-order valence-corrected chi connectivity index (χ2v) is 8.11. The molecular weight excluding hydrogens is 272 g/mol. The van der Waals surface area contributed by atoms with Crippen molar-refractivity contribution in [1.29, 1.82) is 0 Å². The van der Waals surface area contributed by atoms with Gasteiger partial charge in [0.15, 0.2) is 0 Å². The van der Waals surface area contributed by atoms with Crippen LogP contribution in [0.3, 0.4) is 0 Å². The fourth-order valence-electron chi connectivity index (χ4n) is 5.07. The minimum atomic E-state index is 0.0691. The number of allylic oxidation sites excluding steroid dienone is 2. The lowest BCUT2D eigenvalue weighted by Gasteiger charge is -2.58. The zero-order valence-corrected chi connectivity index (χ0v) is 14.7. The number of hydrogen-bond donors (Lipinski definition) is 2. The van der Waals surface area contributed by atoms with Crippen LogP contribution in [0.2, 0.25) is 0 Å². The van der Waals surface area contributed by atoms with Gasteiger partial charge >= 0.3 is 0 Å². The molecule has 2 saturated carbocycles. The van der Waals surface area contributed by atoms with Crippen LogP contribution in [0.4, 0.5) is 0 Å². The van der Waals surface area contributed by atoms with Crippen LogP contribution in [0, 0.1) is 22.7 Å². The Labute approximate surface area is 136 Å². The van der Waals surface area contributed by atoms with E-state index in [1.54, 1.807) is 0 Å². The average Bonchev–Trinajstić information content (AvgIpc) is 2.50. The summed E-state index contributed by atoms with van der Waals surface area (Å²) in [6.45, 7) is 11.9. The molecule has 2 N–H and O–H groups in total. The molecule has 2 heteroatoms. The third-order valence-electron chi connectivity index (χ3n) is 7.03. The van der Waals surface area contributed by atoms with Crippen molar-refractivity contribution in [3.05, 3.63) is 23.8 Å². The van der Waals surface area contributed by atoms with Crippen LogP contribution in [0.5, 0.6) is 0 Å². The zero-order chi connectivity index (χ0) is 16.4. The molecule has 0 saturated heterocycles. The molecule has 0 aromatic carbocycles. The fraction of sp³-hybridized carbons (Fsp3) is 0.800. The van der Waals surface area contributed by atoms with E-state index in [4.69, 9.17) is 5.11 Å². The third-order valence-corrected chi connectivity index (χ3v) is 7.03. The van der Waals surface area contributed by atoms with Crippen molar-refractivity contribution in [3.63, 3.8) is 0 Å². The molecule has 0 bridgehead atoms. The average molecular weight is 306 g/mol.